The highest BCUT2D eigenvalue weighted by atomic mass is 79.9. The fourth-order valence-corrected chi connectivity index (χ4v) is 3.51. The second-order valence-electron chi connectivity index (χ2n) is 4.55. The van der Waals surface area contributed by atoms with Crippen molar-refractivity contribution >= 4 is 38.9 Å². The molecule has 1 aromatic heterocycles. The zero-order chi connectivity index (χ0) is 14.9. The van der Waals surface area contributed by atoms with Crippen LogP contribution in [0.2, 0.25) is 0 Å². The number of primary amides is 1. The van der Waals surface area contributed by atoms with E-state index in [2.05, 4.69) is 21.2 Å². The largest absolute Gasteiger partial charge is 0.369 e. The van der Waals surface area contributed by atoms with E-state index in [0.29, 0.717) is 5.69 Å². The van der Waals surface area contributed by atoms with Gasteiger partial charge in [-0.25, -0.2) is 4.39 Å². The highest BCUT2D eigenvalue weighted by molar-refractivity contribution is 9.10. The Kier molecular flexibility index (Phi) is 4.45. The molecule has 3 N–H and O–H groups in total. The maximum Gasteiger partial charge on any atom is 0.245 e. The molecule has 0 radical (unpaired) electrons. The molecule has 1 amide bonds. The van der Waals surface area contributed by atoms with E-state index in [1.165, 1.54) is 23.5 Å². The molecule has 106 valence electrons. The lowest BCUT2D eigenvalue weighted by Crippen LogP contribution is -2.27. The molecular weight excluding hydrogens is 343 g/mol. The minimum absolute atomic E-state index is 0.348. The van der Waals surface area contributed by atoms with E-state index in [-0.39, 0.29) is 5.82 Å². The first-order valence-corrected chi connectivity index (χ1v) is 7.56. The average molecular weight is 357 g/mol. The molecule has 0 saturated heterocycles. The molecular formula is C14H14BrFN2OS. The Balaban J connectivity index is 2.32. The first kappa shape index (κ1) is 15.0. The molecule has 0 fully saturated rings. The fourth-order valence-electron chi connectivity index (χ4n) is 1.89. The van der Waals surface area contributed by atoms with Gasteiger partial charge in [0, 0.05) is 19.9 Å². The Morgan fingerprint density at radius 2 is 2.05 bits per heavy atom. The molecule has 1 unspecified atom stereocenters. The normalized spacial score (nSPS) is 12.2. The molecule has 0 spiro atoms. The molecule has 0 aliphatic carbocycles. The van der Waals surface area contributed by atoms with Crippen LogP contribution in [0.3, 0.4) is 0 Å². The van der Waals surface area contributed by atoms with Crippen molar-refractivity contribution in [2.75, 3.05) is 5.32 Å². The first-order valence-electron chi connectivity index (χ1n) is 5.95. The third kappa shape index (κ3) is 3.37. The Hall–Kier alpha value is -1.40. The number of thiophene rings is 1. The van der Waals surface area contributed by atoms with E-state index < -0.39 is 11.9 Å². The van der Waals surface area contributed by atoms with Crippen molar-refractivity contribution in [1.82, 2.24) is 0 Å². The highest BCUT2D eigenvalue weighted by Crippen LogP contribution is 2.32. The SMILES string of the molecule is Cc1cc(F)cc(NC(C(N)=O)c2cc(Br)c(C)s2)c1. The Bertz CT molecular complexity index is 617. The summed E-state index contributed by atoms with van der Waals surface area (Å²) >= 11 is 4.89. The van der Waals surface area contributed by atoms with Crippen LogP contribution >= 0.6 is 27.3 Å². The molecule has 0 bridgehead atoms. The van der Waals surface area contributed by atoms with E-state index in [9.17, 15) is 9.18 Å². The summed E-state index contributed by atoms with van der Waals surface area (Å²) in [4.78, 5) is 13.5. The van der Waals surface area contributed by atoms with Gasteiger partial charge in [-0.15, -0.1) is 11.3 Å². The molecule has 3 nitrogen and oxygen atoms in total. The van der Waals surface area contributed by atoms with Gasteiger partial charge in [0.05, 0.1) is 0 Å². The smallest absolute Gasteiger partial charge is 0.245 e. The van der Waals surface area contributed by atoms with Crippen molar-refractivity contribution in [3.63, 3.8) is 0 Å². The predicted octanol–water partition coefficient (Wildman–Crippen LogP) is 3.91. The average Bonchev–Trinajstić information content (AvgIpc) is 2.64. The monoisotopic (exact) mass is 356 g/mol. The van der Waals surface area contributed by atoms with Crippen molar-refractivity contribution in [1.29, 1.82) is 0 Å². The molecule has 20 heavy (non-hydrogen) atoms. The zero-order valence-electron chi connectivity index (χ0n) is 11.0. The van der Waals surface area contributed by atoms with Gasteiger partial charge in [-0.1, -0.05) is 0 Å². The highest BCUT2D eigenvalue weighted by Gasteiger charge is 2.21. The number of halogens is 2. The number of hydrogen-bond acceptors (Lipinski definition) is 3. The van der Waals surface area contributed by atoms with Crippen LogP contribution in [0.5, 0.6) is 0 Å². The van der Waals surface area contributed by atoms with Gasteiger partial charge in [0.2, 0.25) is 5.91 Å². The number of nitrogens with two attached hydrogens (primary N) is 1. The number of hydrogen-bond donors (Lipinski definition) is 2. The van der Waals surface area contributed by atoms with E-state index >= 15 is 0 Å². The molecule has 1 heterocycles. The van der Waals surface area contributed by atoms with E-state index in [0.717, 1.165) is 19.8 Å². The van der Waals surface area contributed by atoms with Crippen LogP contribution in [0.1, 0.15) is 21.4 Å². The maximum atomic E-state index is 13.4. The molecule has 1 atom stereocenters. The maximum absolute atomic E-state index is 13.4. The number of carbonyl (C=O) groups is 1. The lowest BCUT2D eigenvalue weighted by molar-refractivity contribution is -0.118. The van der Waals surface area contributed by atoms with Gasteiger partial charge in [0.15, 0.2) is 0 Å². The van der Waals surface area contributed by atoms with Crippen LogP contribution in [0.4, 0.5) is 10.1 Å². The third-order valence-corrected chi connectivity index (χ3v) is 5.00. The topological polar surface area (TPSA) is 55.1 Å². The van der Waals surface area contributed by atoms with Crippen molar-refractivity contribution in [3.8, 4) is 0 Å². The van der Waals surface area contributed by atoms with Gasteiger partial charge in [0.25, 0.3) is 0 Å². The molecule has 6 heteroatoms. The standard InChI is InChI=1S/C14H14BrFN2OS/c1-7-3-9(16)5-10(4-7)18-13(14(17)19)12-6-11(15)8(2)20-12/h3-6,13,18H,1-2H3,(H2,17,19). The second-order valence-corrected chi connectivity index (χ2v) is 6.69. The zero-order valence-corrected chi connectivity index (χ0v) is 13.4. The second kappa shape index (κ2) is 5.93. The molecule has 0 aliphatic rings. The van der Waals surface area contributed by atoms with Crippen LogP contribution in [0.15, 0.2) is 28.7 Å². The molecule has 1 aromatic carbocycles. The number of anilines is 1. The van der Waals surface area contributed by atoms with Gasteiger partial charge >= 0.3 is 0 Å². The van der Waals surface area contributed by atoms with Gasteiger partial charge in [-0.3, -0.25) is 4.79 Å². The third-order valence-electron chi connectivity index (χ3n) is 2.80. The van der Waals surface area contributed by atoms with E-state index in [4.69, 9.17) is 5.73 Å². The van der Waals surface area contributed by atoms with Crippen molar-refractivity contribution in [2.24, 2.45) is 5.73 Å². The minimum Gasteiger partial charge on any atom is -0.369 e. The van der Waals surface area contributed by atoms with Crippen LogP contribution < -0.4 is 11.1 Å². The quantitative estimate of drug-likeness (QED) is 0.872. The minimum atomic E-state index is -0.675. The molecule has 2 aromatic rings. The predicted molar refractivity (Wildman–Crippen MR) is 83.5 cm³/mol. The number of rotatable bonds is 4. The van der Waals surface area contributed by atoms with Gasteiger partial charge in [-0.2, -0.15) is 0 Å². The fraction of sp³-hybridized carbons (Fsp3) is 0.214. The van der Waals surface area contributed by atoms with Crippen LogP contribution in [-0.2, 0) is 4.79 Å². The molecule has 0 saturated carbocycles. The summed E-state index contributed by atoms with van der Waals surface area (Å²) in [5, 5.41) is 2.99. The lowest BCUT2D eigenvalue weighted by atomic mass is 10.1. The number of amides is 1. The summed E-state index contributed by atoms with van der Waals surface area (Å²) in [5.41, 5.74) is 6.76. The lowest BCUT2D eigenvalue weighted by Gasteiger charge is -2.15. The van der Waals surface area contributed by atoms with Gasteiger partial charge in [-0.05, 0) is 59.6 Å². The number of nitrogens with one attached hydrogen (secondary N) is 1. The van der Waals surface area contributed by atoms with E-state index in [1.54, 1.807) is 13.0 Å². The summed E-state index contributed by atoms with van der Waals surface area (Å²) in [5.74, 6) is -0.847. The number of carbonyl (C=O) groups excluding carboxylic acids is 1. The molecule has 2 rings (SSSR count). The summed E-state index contributed by atoms with van der Waals surface area (Å²) in [7, 11) is 0. The Labute approximate surface area is 129 Å². The summed E-state index contributed by atoms with van der Waals surface area (Å²) in [6.07, 6.45) is 0. The Morgan fingerprint density at radius 1 is 1.35 bits per heavy atom. The number of benzene rings is 1. The van der Waals surface area contributed by atoms with Gasteiger partial charge in [0.1, 0.15) is 11.9 Å². The summed E-state index contributed by atoms with van der Waals surface area (Å²) in [6.45, 7) is 3.74. The van der Waals surface area contributed by atoms with Crippen molar-refractivity contribution in [3.05, 3.63) is 49.9 Å². The van der Waals surface area contributed by atoms with Crippen LogP contribution in [0.25, 0.3) is 0 Å². The van der Waals surface area contributed by atoms with E-state index in [1.807, 2.05) is 13.0 Å². The number of aryl methyl sites for hydroxylation is 2. The first-order chi connectivity index (χ1) is 9.36. The van der Waals surface area contributed by atoms with Crippen molar-refractivity contribution in [2.45, 2.75) is 19.9 Å². The van der Waals surface area contributed by atoms with Crippen LogP contribution in [-0.4, -0.2) is 5.91 Å². The van der Waals surface area contributed by atoms with Crippen molar-refractivity contribution < 1.29 is 9.18 Å². The summed E-state index contributed by atoms with van der Waals surface area (Å²) in [6, 6.07) is 5.73. The molecule has 0 aliphatic heterocycles. The van der Waals surface area contributed by atoms with Crippen LogP contribution in [0, 0.1) is 19.7 Å². The van der Waals surface area contributed by atoms with Gasteiger partial charge < -0.3 is 11.1 Å². The Morgan fingerprint density at radius 3 is 2.55 bits per heavy atom. The summed E-state index contributed by atoms with van der Waals surface area (Å²) < 4.78 is 14.3.